The van der Waals surface area contributed by atoms with Crippen LogP contribution < -0.4 is 5.43 Å². The van der Waals surface area contributed by atoms with E-state index in [-0.39, 0.29) is 5.43 Å². The molecule has 0 aliphatic rings. The first-order valence-corrected chi connectivity index (χ1v) is 10.5. The molecule has 3 rings (SSSR count). The number of hydrogen-bond acceptors (Lipinski definition) is 6. The van der Waals surface area contributed by atoms with Crippen LogP contribution in [0.2, 0.25) is 0 Å². The van der Waals surface area contributed by atoms with Crippen LogP contribution in [0.3, 0.4) is 0 Å². The van der Waals surface area contributed by atoms with Gasteiger partial charge in [-0.3, -0.25) is 4.79 Å². The number of benzene rings is 2. The Hall–Kier alpha value is -1.92. The average Bonchev–Trinajstić information content (AvgIpc) is 2.61. The summed E-state index contributed by atoms with van der Waals surface area (Å²) in [5, 5.41) is 1.68. The number of methoxy groups -OCH3 is 1. The number of carbonyl (C=O) groups is 1. The van der Waals surface area contributed by atoms with Gasteiger partial charge in [-0.1, -0.05) is 27.7 Å². The van der Waals surface area contributed by atoms with E-state index in [9.17, 15) is 9.59 Å². The smallest absolute Gasteiger partial charge is 0.337 e. The number of rotatable bonds is 5. The van der Waals surface area contributed by atoms with Crippen LogP contribution in [0.1, 0.15) is 38.1 Å². The molecular formula is C21H22O4S2. The molecule has 1 heterocycles. The molecule has 4 nitrogen and oxygen atoms in total. The van der Waals surface area contributed by atoms with Gasteiger partial charge in [-0.25, -0.2) is 4.79 Å². The number of ether oxygens (including phenoxy) is 1. The van der Waals surface area contributed by atoms with Crippen LogP contribution in [0.15, 0.2) is 49.3 Å². The summed E-state index contributed by atoms with van der Waals surface area (Å²) in [7, 11) is 1.32. The molecule has 2 aromatic carbocycles. The molecule has 0 atom stereocenters. The van der Waals surface area contributed by atoms with E-state index < -0.39 is 5.97 Å². The van der Waals surface area contributed by atoms with Crippen molar-refractivity contribution in [2.75, 3.05) is 7.11 Å². The molecule has 0 radical (unpaired) electrons. The van der Waals surface area contributed by atoms with Gasteiger partial charge in [0.1, 0.15) is 5.58 Å². The Morgan fingerprint density at radius 2 is 1.70 bits per heavy atom. The zero-order valence-corrected chi connectivity index (χ0v) is 17.6. The summed E-state index contributed by atoms with van der Waals surface area (Å²) < 4.78 is 10.9. The zero-order valence-electron chi connectivity index (χ0n) is 16.0. The molecule has 0 aliphatic heterocycles. The van der Waals surface area contributed by atoms with Gasteiger partial charge in [0.25, 0.3) is 0 Å². The second-order valence-corrected chi connectivity index (χ2v) is 10.0. The molecule has 27 heavy (non-hydrogen) atoms. The van der Waals surface area contributed by atoms with E-state index in [4.69, 9.17) is 9.15 Å². The molecular weight excluding hydrogens is 380 g/mol. The van der Waals surface area contributed by atoms with Crippen LogP contribution in [0.5, 0.6) is 0 Å². The fourth-order valence-corrected chi connectivity index (χ4v) is 4.78. The predicted octanol–water partition coefficient (Wildman–Crippen LogP) is 5.73. The lowest BCUT2D eigenvalue weighted by Gasteiger charge is -2.13. The van der Waals surface area contributed by atoms with Gasteiger partial charge >= 0.3 is 5.97 Å². The largest absolute Gasteiger partial charge is 0.465 e. The molecule has 0 spiro atoms. The topological polar surface area (TPSA) is 56.5 Å². The average molecular weight is 403 g/mol. The highest BCUT2D eigenvalue weighted by atomic mass is 32.2. The summed E-state index contributed by atoms with van der Waals surface area (Å²) in [6.07, 6.45) is 0. The Bertz CT molecular complexity index is 1070. The Kier molecular flexibility index (Phi) is 5.86. The molecule has 0 amide bonds. The van der Waals surface area contributed by atoms with E-state index in [1.165, 1.54) is 7.11 Å². The Morgan fingerprint density at radius 1 is 1.00 bits per heavy atom. The summed E-state index contributed by atoms with van der Waals surface area (Å²) >= 11 is 3.39. The number of carbonyl (C=O) groups excluding carboxylic acids is 1. The number of thioether (sulfide) groups is 2. The van der Waals surface area contributed by atoms with E-state index in [0.717, 1.165) is 9.79 Å². The predicted molar refractivity (Wildman–Crippen MR) is 113 cm³/mol. The molecule has 3 aromatic rings. The van der Waals surface area contributed by atoms with Gasteiger partial charge in [-0.05, 0) is 30.3 Å². The maximum atomic E-state index is 13.2. The van der Waals surface area contributed by atoms with E-state index in [1.54, 1.807) is 41.7 Å². The third kappa shape index (κ3) is 4.17. The SMILES string of the molecule is COC(=O)c1ccc2oc3c(SC(C)C)cc(SC(C)C)cc3c(=O)c2c1. The third-order valence-corrected chi connectivity index (χ3v) is 5.87. The summed E-state index contributed by atoms with van der Waals surface area (Å²) in [5.74, 6) is -0.475. The van der Waals surface area contributed by atoms with Crippen LogP contribution in [0.4, 0.5) is 0 Å². The van der Waals surface area contributed by atoms with Crippen molar-refractivity contribution in [3.63, 3.8) is 0 Å². The molecule has 142 valence electrons. The van der Waals surface area contributed by atoms with Crippen molar-refractivity contribution in [2.24, 2.45) is 0 Å². The summed E-state index contributed by atoms with van der Waals surface area (Å²) in [6.45, 7) is 8.46. The Balaban J connectivity index is 2.32. The van der Waals surface area contributed by atoms with Crippen molar-refractivity contribution >= 4 is 51.4 Å². The standard InChI is InChI=1S/C21H22O4S2/c1-11(2)26-14-9-16-19(22)15-8-13(21(23)24-5)6-7-17(15)25-20(16)18(10-14)27-12(3)4/h6-12H,1-5H3. The molecule has 0 unspecified atom stereocenters. The Morgan fingerprint density at radius 3 is 2.33 bits per heavy atom. The van der Waals surface area contributed by atoms with Crippen molar-refractivity contribution < 1.29 is 13.9 Å². The second-order valence-electron chi connectivity index (χ2n) is 6.77. The normalized spacial score (nSPS) is 11.7. The lowest BCUT2D eigenvalue weighted by molar-refractivity contribution is 0.0601. The minimum atomic E-state index is -0.475. The lowest BCUT2D eigenvalue weighted by Crippen LogP contribution is -2.07. The minimum absolute atomic E-state index is 0.131. The monoisotopic (exact) mass is 402 g/mol. The van der Waals surface area contributed by atoms with Crippen molar-refractivity contribution in [1.82, 2.24) is 0 Å². The van der Waals surface area contributed by atoms with E-state index >= 15 is 0 Å². The van der Waals surface area contributed by atoms with Gasteiger partial charge in [-0.2, -0.15) is 0 Å². The zero-order chi connectivity index (χ0) is 19.7. The molecule has 0 bridgehead atoms. The van der Waals surface area contributed by atoms with Gasteiger partial charge < -0.3 is 9.15 Å². The molecule has 1 aromatic heterocycles. The van der Waals surface area contributed by atoms with Crippen LogP contribution >= 0.6 is 23.5 Å². The van der Waals surface area contributed by atoms with Gasteiger partial charge in [0.05, 0.1) is 28.3 Å². The molecule has 0 fully saturated rings. The summed E-state index contributed by atoms with van der Waals surface area (Å²) in [5.41, 5.74) is 1.27. The Labute approximate surface area is 166 Å². The van der Waals surface area contributed by atoms with Gasteiger partial charge in [0, 0.05) is 15.4 Å². The number of fused-ring (bicyclic) bond motifs is 2. The highest BCUT2D eigenvalue weighted by Crippen LogP contribution is 2.36. The maximum Gasteiger partial charge on any atom is 0.337 e. The molecule has 0 saturated heterocycles. The summed E-state index contributed by atoms with van der Waals surface area (Å²) in [4.78, 5) is 27.0. The fraction of sp³-hybridized carbons (Fsp3) is 0.333. The van der Waals surface area contributed by atoms with Crippen LogP contribution in [-0.4, -0.2) is 23.6 Å². The fourth-order valence-electron chi connectivity index (χ4n) is 2.83. The van der Waals surface area contributed by atoms with E-state index in [1.807, 2.05) is 6.07 Å². The number of esters is 1. The van der Waals surface area contributed by atoms with Crippen LogP contribution in [0.25, 0.3) is 21.9 Å². The van der Waals surface area contributed by atoms with Crippen molar-refractivity contribution in [2.45, 2.75) is 48.0 Å². The molecule has 6 heteroatoms. The molecule has 0 N–H and O–H groups in total. The first-order chi connectivity index (χ1) is 12.8. The highest BCUT2D eigenvalue weighted by molar-refractivity contribution is 8.00. The highest BCUT2D eigenvalue weighted by Gasteiger charge is 2.17. The van der Waals surface area contributed by atoms with Gasteiger partial charge in [0.2, 0.25) is 5.43 Å². The quantitative estimate of drug-likeness (QED) is 0.308. The van der Waals surface area contributed by atoms with Crippen molar-refractivity contribution in [1.29, 1.82) is 0 Å². The third-order valence-electron chi connectivity index (χ3n) is 3.86. The van der Waals surface area contributed by atoms with Crippen molar-refractivity contribution in [3.8, 4) is 0 Å². The first-order valence-electron chi connectivity index (χ1n) is 8.76. The minimum Gasteiger partial charge on any atom is -0.465 e. The maximum absolute atomic E-state index is 13.2. The number of hydrogen-bond donors (Lipinski definition) is 0. The van der Waals surface area contributed by atoms with Gasteiger partial charge in [-0.15, -0.1) is 23.5 Å². The molecule has 0 saturated carbocycles. The van der Waals surface area contributed by atoms with Crippen LogP contribution in [-0.2, 0) is 4.74 Å². The van der Waals surface area contributed by atoms with E-state index in [2.05, 4.69) is 33.8 Å². The lowest BCUT2D eigenvalue weighted by atomic mass is 10.1. The summed E-state index contributed by atoms with van der Waals surface area (Å²) in [6, 6.07) is 8.80. The van der Waals surface area contributed by atoms with Crippen molar-refractivity contribution in [3.05, 3.63) is 46.1 Å². The molecule has 0 aliphatic carbocycles. The van der Waals surface area contributed by atoms with Crippen LogP contribution in [0, 0.1) is 0 Å². The second kappa shape index (κ2) is 7.98. The first kappa shape index (κ1) is 19.8. The van der Waals surface area contributed by atoms with Gasteiger partial charge in [0.15, 0.2) is 5.58 Å². The van der Waals surface area contributed by atoms with E-state index in [0.29, 0.717) is 38.0 Å².